The Morgan fingerprint density at radius 3 is 2.88 bits per heavy atom. The van der Waals surface area contributed by atoms with Crippen molar-refractivity contribution in [3.63, 3.8) is 0 Å². The second-order valence-corrected chi connectivity index (χ2v) is 4.79. The molecular formula is C12H10ClNOS. The number of hydrogen-bond acceptors (Lipinski definition) is 3. The Labute approximate surface area is 103 Å². The first-order chi connectivity index (χ1) is 7.77. The van der Waals surface area contributed by atoms with E-state index in [4.69, 9.17) is 11.6 Å². The summed E-state index contributed by atoms with van der Waals surface area (Å²) in [5, 5.41) is 1.64. The normalized spacial score (nSPS) is 12.3. The molecule has 4 heteroatoms. The molecule has 0 saturated heterocycles. The van der Waals surface area contributed by atoms with E-state index in [-0.39, 0.29) is 11.2 Å². The standard InChI is InChI=1S/C12H10ClNOS/c13-12(15)10(11-4-2-6-16-11)7-9-3-1-5-14-8-9/h1-6,8,10H,7H2. The van der Waals surface area contributed by atoms with Crippen LogP contribution in [0.25, 0.3) is 0 Å². The summed E-state index contributed by atoms with van der Waals surface area (Å²) in [5.74, 6) is -0.258. The molecule has 0 amide bonds. The number of carbonyl (C=O) groups excluding carboxylic acids is 1. The molecule has 2 aromatic rings. The third-order valence-electron chi connectivity index (χ3n) is 2.32. The van der Waals surface area contributed by atoms with Gasteiger partial charge in [-0.1, -0.05) is 12.1 Å². The van der Waals surface area contributed by atoms with Crippen molar-refractivity contribution in [1.29, 1.82) is 0 Å². The van der Waals surface area contributed by atoms with Crippen molar-refractivity contribution in [2.45, 2.75) is 12.3 Å². The molecule has 0 N–H and O–H groups in total. The van der Waals surface area contributed by atoms with Crippen molar-refractivity contribution >= 4 is 28.2 Å². The number of pyridine rings is 1. The molecule has 1 unspecified atom stereocenters. The third kappa shape index (κ3) is 2.68. The highest BCUT2D eigenvalue weighted by Gasteiger charge is 2.20. The van der Waals surface area contributed by atoms with Crippen LogP contribution in [0.5, 0.6) is 0 Å². The summed E-state index contributed by atoms with van der Waals surface area (Å²) in [6, 6.07) is 7.68. The molecule has 0 bridgehead atoms. The van der Waals surface area contributed by atoms with Gasteiger partial charge in [-0.05, 0) is 41.1 Å². The fourth-order valence-corrected chi connectivity index (χ4v) is 2.62. The van der Waals surface area contributed by atoms with Crippen LogP contribution in [-0.4, -0.2) is 10.2 Å². The van der Waals surface area contributed by atoms with Gasteiger partial charge in [-0.25, -0.2) is 0 Å². The van der Waals surface area contributed by atoms with Gasteiger partial charge in [-0.2, -0.15) is 0 Å². The topological polar surface area (TPSA) is 30.0 Å². The highest BCUT2D eigenvalue weighted by molar-refractivity contribution is 7.10. The molecule has 0 radical (unpaired) electrons. The largest absolute Gasteiger partial charge is 0.281 e. The van der Waals surface area contributed by atoms with Crippen LogP contribution in [0.2, 0.25) is 0 Å². The molecular weight excluding hydrogens is 242 g/mol. The predicted octanol–water partition coefficient (Wildman–Crippen LogP) is 3.23. The van der Waals surface area contributed by atoms with E-state index < -0.39 is 0 Å². The molecule has 2 heterocycles. The van der Waals surface area contributed by atoms with E-state index in [1.807, 2.05) is 29.6 Å². The van der Waals surface area contributed by atoms with Crippen LogP contribution >= 0.6 is 22.9 Å². The van der Waals surface area contributed by atoms with Crippen molar-refractivity contribution in [3.05, 3.63) is 52.5 Å². The van der Waals surface area contributed by atoms with E-state index >= 15 is 0 Å². The van der Waals surface area contributed by atoms with Gasteiger partial charge in [-0.15, -0.1) is 11.3 Å². The molecule has 1 atom stereocenters. The van der Waals surface area contributed by atoms with E-state index in [2.05, 4.69) is 4.98 Å². The minimum absolute atomic E-state index is 0.258. The Morgan fingerprint density at radius 1 is 1.44 bits per heavy atom. The lowest BCUT2D eigenvalue weighted by Gasteiger charge is -2.09. The van der Waals surface area contributed by atoms with Crippen LogP contribution in [0, 0.1) is 0 Å². The maximum absolute atomic E-state index is 11.4. The number of carbonyl (C=O) groups is 1. The molecule has 2 rings (SSSR count). The molecule has 82 valence electrons. The van der Waals surface area contributed by atoms with Crippen LogP contribution < -0.4 is 0 Å². The fraction of sp³-hybridized carbons (Fsp3) is 0.167. The van der Waals surface area contributed by atoms with Crippen LogP contribution in [0.3, 0.4) is 0 Å². The fourth-order valence-electron chi connectivity index (χ4n) is 1.54. The van der Waals surface area contributed by atoms with Crippen LogP contribution in [0.15, 0.2) is 42.0 Å². The highest BCUT2D eigenvalue weighted by atomic mass is 35.5. The molecule has 0 spiro atoms. The number of hydrogen-bond donors (Lipinski definition) is 0. The molecule has 2 aromatic heterocycles. The van der Waals surface area contributed by atoms with Crippen molar-refractivity contribution < 1.29 is 4.79 Å². The number of halogens is 1. The SMILES string of the molecule is O=C(Cl)C(Cc1cccnc1)c1cccs1. The summed E-state index contributed by atoms with van der Waals surface area (Å²) in [6.45, 7) is 0. The maximum Gasteiger partial charge on any atom is 0.230 e. The van der Waals surface area contributed by atoms with Gasteiger partial charge < -0.3 is 0 Å². The predicted molar refractivity (Wildman–Crippen MR) is 65.9 cm³/mol. The quantitative estimate of drug-likeness (QED) is 0.781. The molecule has 0 aliphatic rings. The van der Waals surface area contributed by atoms with Gasteiger partial charge in [0, 0.05) is 17.3 Å². The number of aromatic nitrogens is 1. The van der Waals surface area contributed by atoms with Gasteiger partial charge >= 0.3 is 0 Å². The lowest BCUT2D eigenvalue weighted by Crippen LogP contribution is -2.08. The smallest absolute Gasteiger partial charge is 0.230 e. The van der Waals surface area contributed by atoms with Crippen molar-refractivity contribution in [2.24, 2.45) is 0 Å². The van der Waals surface area contributed by atoms with Gasteiger partial charge in [-0.3, -0.25) is 9.78 Å². The Morgan fingerprint density at radius 2 is 2.31 bits per heavy atom. The minimum atomic E-state index is -0.314. The zero-order chi connectivity index (χ0) is 11.4. The van der Waals surface area contributed by atoms with Crippen LogP contribution in [0.1, 0.15) is 16.4 Å². The average molecular weight is 252 g/mol. The molecule has 0 aliphatic carbocycles. The molecule has 0 fully saturated rings. The van der Waals surface area contributed by atoms with Gasteiger partial charge in [0.2, 0.25) is 5.24 Å². The van der Waals surface area contributed by atoms with Gasteiger partial charge in [0.1, 0.15) is 0 Å². The van der Waals surface area contributed by atoms with Crippen LogP contribution in [-0.2, 0) is 11.2 Å². The summed E-state index contributed by atoms with van der Waals surface area (Å²) in [7, 11) is 0. The van der Waals surface area contributed by atoms with Gasteiger partial charge in [0.05, 0.1) is 5.92 Å². The summed E-state index contributed by atoms with van der Waals surface area (Å²) < 4.78 is 0. The number of rotatable bonds is 4. The first kappa shape index (κ1) is 11.3. The highest BCUT2D eigenvalue weighted by Crippen LogP contribution is 2.27. The van der Waals surface area contributed by atoms with E-state index in [1.54, 1.807) is 23.7 Å². The second kappa shape index (κ2) is 5.23. The first-order valence-electron chi connectivity index (χ1n) is 4.89. The molecule has 0 saturated carbocycles. The molecule has 16 heavy (non-hydrogen) atoms. The van der Waals surface area contributed by atoms with Gasteiger partial charge in [0.15, 0.2) is 0 Å². The molecule has 2 nitrogen and oxygen atoms in total. The maximum atomic E-state index is 11.4. The Bertz CT molecular complexity index is 455. The van der Waals surface area contributed by atoms with E-state index in [9.17, 15) is 4.79 Å². The number of thiophene rings is 1. The minimum Gasteiger partial charge on any atom is -0.281 e. The molecule has 0 aromatic carbocycles. The van der Waals surface area contributed by atoms with E-state index in [0.29, 0.717) is 6.42 Å². The monoisotopic (exact) mass is 251 g/mol. The van der Waals surface area contributed by atoms with Crippen molar-refractivity contribution in [3.8, 4) is 0 Å². The zero-order valence-corrected chi connectivity index (χ0v) is 10.0. The zero-order valence-electron chi connectivity index (χ0n) is 8.47. The molecule has 0 aliphatic heterocycles. The Hall–Kier alpha value is -1.19. The van der Waals surface area contributed by atoms with E-state index in [0.717, 1.165) is 10.4 Å². The van der Waals surface area contributed by atoms with Gasteiger partial charge in [0.25, 0.3) is 0 Å². The first-order valence-corrected chi connectivity index (χ1v) is 6.15. The van der Waals surface area contributed by atoms with Crippen LogP contribution in [0.4, 0.5) is 0 Å². The number of nitrogens with zero attached hydrogens (tertiary/aromatic N) is 1. The lowest BCUT2D eigenvalue weighted by molar-refractivity contribution is -0.112. The summed E-state index contributed by atoms with van der Waals surface area (Å²) in [4.78, 5) is 16.4. The van der Waals surface area contributed by atoms with Crippen molar-refractivity contribution in [2.75, 3.05) is 0 Å². The summed E-state index contributed by atoms with van der Waals surface area (Å²) in [6.07, 6.45) is 4.09. The summed E-state index contributed by atoms with van der Waals surface area (Å²) in [5.41, 5.74) is 1.02. The van der Waals surface area contributed by atoms with Crippen molar-refractivity contribution in [1.82, 2.24) is 4.98 Å². The summed E-state index contributed by atoms with van der Waals surface area (Å²) >= 11 is 7.19. The third-order valence-corrected chi connectivity index (χ3v) is 3.57. The average Bonchev–Trinajstić information content (AvgIpc) is 2.80. The van der Waals surface area contributed by atoms with E-state index in [1.165, 1.54) is 0 Å². The Balaban J connectivity index is 2.19. The Kier molecular flexibility index (Phi) is 3.70. The lowest BCUT2D eigenvalue weighted by atomic mass is 10.0. The second-order valence-electron chi connectivity index (χ2n) is 3.44.